The number of para-hydroxylation sites is 1. The first-order chi connectivity index (χ1) is 14.7. The average Bonchev–Trinajstić information content (AvgIpc) is 3.31. The Labute approximate surface area is 182 Å². The maximum Gasteiger partial charge on any atom is 0.196 e. The molecule has 4 nitrogen and oxygen atoms in total. The number of fused-ring (bicyclic) bond motifs is 9. The summed E-state index contributed by atoms with van der Waals surface area (Å²) in [6.07, 6.45) is 7.66. The average molecular weight is 416 g/mol. The number of H-pyrrole nitrogens is 1. The van der Waals surface area contributed by atoms with E-state index in [0.717, 1.165) is 31.3 Å². The predicted octanol–water partition coefficient (Wildman–Crippen LogP) is 5.13. The summed E-state index contributed by atoms with van der Waals surface area (Å²) >= 11 is 0. The minimum atomic E-state index is -0.765. The number of benzene rings is 1. The van der Waals surface area contributed by atoms with Gasteiger partial charge < -0.3 is 14.5 Å². The number of hydrogen-bond acceptors (Lipinski definition) is 3. The number of carbonyl (C=O) groups excluding carboxylic acids is 1. The lowest BCUT2D eigenvalue weighted by Gasteiger charge is -2.58. The Hall–Kier alpha value is -2.17. The van der Waals surface area contributed by atoms with Crippen molar-refractivity contribution >= 4 is 16.7 Å². The number of rotatable bonds is 0. The van der Waals surface area contributed by atoms with E-state index in [0.29, 0.717) is 5.92 Å². The summed E-state index contributed by atoms with van der Waals surface area (Å²) in [4.78, 5) is 16.8. The van der Waals surface area contributed by atoms with E-state index in [4.69, 9.17) is 9.47 Å². The van der Waals surface area contributed by atoms with Gasteiger partial charge in [-0.2, -0.15) is 0 Å². The van der Waals surface area contributed by atoms with Crippen LogP contribution >= 0.6 is 0 Å². The van der Waals surface area contributed by atoms with Crippen molar-refractivity contribution in [3.05, 3.63) is 58.8 Å². The van der Waals surface area contributed by atoms with Crippen LogP contribution < -0.4 is 0 Å². The summed E-state index contributed by atoms with van der Waals surface area (Å²) in [5.41, 5.74) is 5.69. The van der Waals surface area contributed by atoms with Crippen molar-refractivity contribution < 1.29 is 14.3 Å². The fourth-order valence-electron chi connectivity index (χ4n) is 7.75. The van der Waals surface area contributed by atoms with Crippen molar-refractivity contribution in [2.24, 2.45) is 11.3 Å². The third-order valence-corrected chi connectivity index (χ3v) is 9.51. The van der Waals surface area contributed by atoms with Gasteiger partial charge in [-0.3, -0.25) is 4.79 Å². The van der Waals surface area contributed by atoms with Crippen LogP contribution in [0.15, 0.2) is 47.6 Å². The van der Waals surface area contributed by atoms with Crippen LogP contribution in [0.5, 0.6) is 0 Å². The summed E-state index contributed by atoms with van der Waals surface area (Å²) in [6.45, 7) is 8.83. The van der Waals surface area contributed by atoms with Crippen molar-refractivity contribution in [2.45, 2.75) is 76.3 Å². The van der Waals surface area contributed by atoms with Gasteiger partial charge in [0.2, 0.25) is 0 Å². The molecule has 3 heterocycles. The summed E-state index contributed by atoms with van der Waals surface area (Å²) < 4.78 is 12.9. The molecule has 1 aromatic heterocycles. The molecule has 1 N–H and O–H groups in total. The molecule has 2 unspecified atom stereocenters. The Balaban J connectivity index is 1.42. The Kier molecular flexibility index (Phi) is 3.11. The molecule has 31 heavy (non-hydrogen) atoms. The Morgan fingerprint density at radius 3 is 2.71 bits per heavy atom. The van der Waals surface area contributed by atoms with Crippen LogP contribution in [0, 0.1) is 11.3 Å². The molecule has 2 aliphatic heterocycles. The third-order valence-electron chi connectivity index (χ3n) is 9.51. The normalized spacial score (nSPS) is 41.9. The maximum atomic E-state index is 13.0. The van der Waals surface area contributed by atoms with Gasteiger partial charge in [0, 0.05) is 39.4 Å². The van der Waals surface area contributed by atoms with E-state index >= 15 is 0 Å². The van der Waals surface area contributed by atoms with Crippen LogP contribution in [0.3, 0.4) is 0 Å². The predicted molar refractivity (Wildman–Crippen MR) is 119 cm³/mol. The first-order valence-electron chi connectivity index (χ1n) is 11.6. The van der Waals surface area contributed by atoms with Gasteiger partial charge in [0.05, 0.1) is 0 Å². The van der Waals surface area contributed by atoms with Crippen LogP contribution in [0.4, 0.5) is 0 Å². The molecule has 160 valence electrons. The zero-order valence-electron chi connectivity index (χ0n) is 18.7. The third kappa shape index (κ3) is 1.90. The summed E-state index contributed by atoms with van der Waals surface area (Å²) in [7, 11) is 0. The maximum absolute atomic E-state index is 13.0. The van der Waals surface area contributed by atoms with Crippen molar-refractivity contribution in [1.29, 1.82) is 0 Å². The summed E-state index contributed by atoms with van der Waals surface area (Å²) in [5, 5.41) is 1.37. The number of aromatic nitrogens is 1. The molecule has 2 bridgehead atoms. The smallest absolute Gasteiger partial charge is 0.196 e. The van der Waals surface area contributed by atoms with Crippen molar-refractivity contribution in [3.63, 3.8) is 0 Å². The minimum Gasteiger partial charge on any atom is -0.358 e. The molecular formula is C27H29NO3. The van der Waals surface area contributed by atoms with Gasteiger partial charge in [0.15, 0.2) is 17.7 Å². The lowest BCUT2D eigenvalue weighted by atomic mass is 9.48. The molecule has 5 atom stereocenters. The monoisotopic (exact) mass is 415 g/mol. The quantitative estimate of drug-likeness (QED) is 0.649. The first-order valence-corrected chi connectivity index (χ1v) is 11.6. The highest BCUT2D eigenvalue weighted by molar-refractivity contribution is 5.98. The Bertz CT molecular complexity index is 1250. The number of carbonyl (C=O) groups is 1. The number of ketones is 1. The first kappa shape index (κ1) is 18.4. The van der Waals surface area contributed by atoms with Gasteiger partial charge >= 0.3 is 0 Å². The zero-order chi connectivity index (χ0) is 21.4. The number of hydrogen-bond donors (Lipinski definition) is 1. The van der Waals surface area contributed by atoms with Crippen LogP contribution in [0.1, 0.15) is 58.2 Å². The second-order valence-corrected chi connectivity index (χ2v) is 11.2. The zero-order valence-corrected chi connectivity index (χ0v) is 18.7. The molecule has 5 aliphatic rings. The Morgan fingerprint density at radius 1 is 1.06 bits per heavy atom. The van der Waals surface area contributed by atoms with Gasteiger partial charge in [-0.15, -0.1) is 0 Å². The molecule has 3 aliphatic carbocycles. The van der Waals surface area contributed by atoms with Gasteiger partial charge in [-0.05, 0) is 62.3 Å². The van der Waals surface area contributed by atoms with Gasteiger partial charge in [-0.1, -0.05) is 38.1 Å². The van der Waals surface area contributed by atoms with Crippen molar-refractivity contribution in [3.8, 4) is 0 Å². The number of allylic oxidation sites excluding steroid dienone is 1. The minimum absolute atomic E-state index is 0.0120. The van der Waals surface area contributed by atoms with Crippen LogP contribution in [0.25, 0.3) is 10.9 Å². The van der Waals surface area contributed by atoms with E-state index in [1.165, 1.54) is 27.7 Å². The molecule has 2 fully saturated rings. The molecular weight excluding hydrogens is 386 g/mol. The highest BCUT2D eigenvalue weighted by atomic mass is 16.8. The highest BCUT2D eigenvalue weighted by Gasteiger charge is 2.68. The topological polar surface area (TPSA) is 51.3 Å². The van der Waals surface area contributed by atoms with Crippen molar-refractivity contribution in [2.75, 3.05) is 0 Å². The van der Waals surface area contributed by atoms with E-state index in [2.05, 4.69) is 49.2 Å². The molecule has 1 saturated carbocycles. The van der Waals surface area contributed by atoms with Crippen molar-refractivity contribution in [1.82, 2.24) is 4.98 Å². The summed E-state index contributed by atoms with van der Waals surface area (Å²) in [6, 6.07) is 8.69. The van der Waals surface area contributed by atoms with Crippen LogP contribution in [0.2, 0.25) is 0 Å². The standard InChI is InChI=1S/C27H29NO3/c1-24(2)23-21(29)14-19-18-10-9-15-13-17-16-7-5-6-8-20(16)28-22(17)26(15,4)25(18,3)11-12-27(19,30-23)31-24/h5-8,10,14-15,23,28H,9,11-13H2,1-4H3/t15-,23?,25?,26+,27-/m0/s1. The Morgan fingerprint density at radius 2 is 1.87 bits per heavy atom. The molecule has 7 rings (SSSR count). The van der Waals surface area contributed by atoms with E-state index in [9.17, 15) is 4.79 Å². The fraction of sp³-hybridized carbons (Fsp3) is 0.519. The van der Waals surface area contributed by atoms with Crippen LogP contribution in [-0.2, 0) is 26.1 Å². The van der Waals surface area contributed by atoms with E-state index in [1.807, 2.05) is 19.9 Å². The molecule has 0 amide bonds. The van der Waals surface area contributed by atoms with Crippen LogP contribution in [-0.4, -0.2) is 28.3 Å². The lowest BCUT2D eigenvalue weighted by Crippen LogP contribution is -2.56. The SMILES string of the molecule is CC1(C)O[C@@]23CCC4(C)C(=CC[C@H]5Cc6c([nH]c7ccccc67)[C@@]54C)C2=CC(=O)C1O3. The van der Waals surface area contributed by atoms with E-state index < -0.39 is 17.5 Å². The fourth-order valence-corrected chi connectivity index (χ4v) is 7.75. The summed E-state index contributed by atoms with van der Waals surface area (Å²) in [5.74, 6) is -0.155. The molecule has 0 radical (unpaired) electrons. The highest BCUT2D eigenvalue weighted by Crippen LogP contribution is 2.68. The molecule has 2 aromatic rings. The van der Waals surface area contributed by atoms with E-state index in [-0.39, 0.29) is 16.6 Å². The molecule has 1 spiro atoms. The number of aromatic amines is 1. The van der Waals surface area contributed by atoms with Gasteiger partial charge in [0.1, 0.15) is 5.60 Å². The number of nitrogens with one attached hydrogen (secondary N) is 1. The van der Waals surface area contributed by atoms with Gasteiger partial charge in [0.25, 0.3) is 0 Å². The second-order valence-electron chi connectivity index (χ2n) is 11.2. The lowest BCUT2D eigenvalue weighted by molar-refractivity contribution is -0.180. The van der Waals surface area contributed by atoms with Gasteiger partial charge in [-0.25, -0.2) is 0 Å². The second kappa shape index (κ2) is 5.24. The molecule has 1 aromatic carbocycles. The molecule has 4 heteroatoms. The molecule has 1 saturated heterocycles. The largest absolute Gasteiger partial charge is 0.358 e. The number of ether oxygens (including phenoxy) is 2. The van der Waals surface area contributed by atoms with E-state index in [1.54, 1.807) is 0 Å².